The van der Waals surface area contributed by atoms with Crippen molar-refractivity contribution in [2.45, 2.75) is 39.8 Å². The summed E-state index contributed by atoms with van der Waals surface area (Å²) >= 11 is 5.89. The molecule has 1 aromatic rings. The van der Waals surface area contributed by atoms with Gasteiger partial charge in [-0.25, -0.2) is 0 Å². The fraction of sp³-hybridized carbons (Fsp3) is 0.700. The fourth-order valence-corrected chi connectivity index (χ4v) is 1.35. The minimum absolute atomic E-state index is 0.571. The number of halogens is 1. The van der Waals surface area contributed by atoms with Gasteiger partial charge in [-0.2, -0.15) is 5.10 Å². The van der Waals surface area contributed by atoms with Crippen LogP contribution in [-0.2, 0) is 6.54 Å². The maximum Gasteiger partial charge on any atom is 0.0814 e. The Morgan fingerprint density at radius 2 is 2.36 bits per heavy atom. The first-order chi connectivity index (χ1) is 6.65. The van der Waals surface area contributed by atoms with Gasteiger partial charge in [0.1, 0.15) is 0 Å². The van der Waals surface area contributed by atoms with Crippen LogP contribution in [-0.4, -0.2) is 22.4 Å². The van der Waals surface area contributed by atoms with E-state index in [0.717, 1.165) is 30.2 Å². The minimum atomic E-state index is 0.571. The van der Waals surface area contributed by atoms with E-state index in [2.05, 4.69) is 24.3 Å². The molecule has 1 rings (SSSR count). The molecule has 14 heavy (non-hydrogen) atoms. The molecule has 3 nitrogen and oxygen atoms in total. The molecule has 0 saturated heterocycles. The maximum absolute atomic E-state index is 5.89. The second kappa shape index (κ2) is 5.37. The average molecular weight is 216 g/mol. The van der Waals surface area contributed by atoms with E-state index < -0.39 is 0 Å². The van der Waals surface area contributed by atoms with Crippen LogP contribution < -0.4 is 5.32 Å². The molecule has 0 spiro atoms. The SMILES string of the molecule is CCC(C)NCCn1ncc(Cl)c1C. The molecule has 0 bridgehead atoms. The molecule has 80 valence electrons. The van der Waals surface area contributed by atoms with Crippen LogP contribution in [0.2, 0.25) is 5.02 Å². The molecule has 4 heteroatoms. The van der Waals surface area contributed by atoms with Crippen LogP contribution in [0.5, 0.6) is 0 Å². The summed E-state index contributed by atoms with van der Waals surface area (Å²) in [6.07, 6.45) is 2.85. The zero-order valence-electron chi connectivity index (χ0n) is 9.05. The van der Waals surface area contributed by atoms with Crippen LogP contribution in [0, 0.1) is 6.92 Å². The predicted molar refractivity (Wildman–Crippen MR) is 59.7 cm³/mol. The van der Waals surface area contributed by atoms with Crippen molar-refractivity contribution in [2.75, 3.05) is 6.54 Å². The van der Waals surface area contributed by atoms with Gasteiger partial charge < -0.3 is 5.32 Å². The van der Waals surface area contributed by atoms with Gasteiger partial charge in [0.15, 0.2) is 0 Å². The third-order valence-corrected chi connectivity index (χ3v) is 2.84. The summed E-state index contributed by atoms with van der Waals surface area (Å²) in [6.45, 7) is 8.16. The third-order valence-electron chi connectivity index (χ3n) is 2.47. The Morgan fingerprint density at radius 1 is 1.64 bits per heavy atom. The van der Waals surface area contributed by atoms with Crippen LogP contribution in [0.3, 0.4) is 0 Å². The molecule has 1 heterocycles. The summed E-state index contributed by atoms with van der Waals surface area (Å²) in [5.74, 6) is 0. The van der Waals surface area contributed by atoms with E-state index in [1.165, 1.54) is 0 Å². The van der Waals surface area contributed by atoms with Crippen LogP contribution in [0.15, 0.2) is 6.20 Å². The molecular formula is C10H18ClN3. The molecule has 0 fully saturated rings. The largest absolute Gasteiger partial charge is 0.312 e. The standard InChI is InChI=1S/C10H18ClN3/c1-4-8(2)12-5-6-14-9(3)10(11)7-13-14/h7-8,12H,4-6H2,1-3H3. The van der Waals surface area contributed by atoms with Gasteiger partial charge in [-0.05, 0) is 20.3 Å². The highest BCUT2D eigenvalue weighted by atomic mass is 35.5. The molecule has 1 unspecified atom stereocenters. The third kappa shape index (κ3) is 3.00. The van der Waals surface area contributed by atoms with Gasteiger partial charge in [0.25, 0.3) is 0 Å². The molecular weight excluding hydrogens is 198 g/mol. The number of hydrogen-bond acceptors (Lipinski definition) is 2. The summed E-state index contributed by atoms with van der Waals surface area (Å²) in [7, 11) is 0. The monoisotopic (exact) mass is 215 g/mol. The molecule has 0 radical (unpaired) electrons. The van der Waals surface area contributed by atoms with Crippen molar-refractivity contribution in [2.24, 2.45) is 0 Å². The van der Waals surface area contributed by atoms with Crippen LogP contribution in [0.4, 0.5) is 0 Å². The Hall–Kier alpha value is -0.540. The molecule has 1 aromatic heterocycles. The zero-order chi connectivity index (χ0) is 10.6. The van der Waals surface area contributed by atoms with Crippen molar-refractivity contribution < 1.29 is 0 Å². The van der Waals surface area contributed by atoms with E-state index in [4.69, 9.17) is 11.6 Å². The molecule has 0 saturated carbocycles. The Labute approximate surface area is 90.4 Å². The van der Waals surface area contributed by atoms with Crippen molar-refractivity contribution in [1.29, 1.82) is 0 Å². The lowest BCUT2D eigenvalue weighted by Crippen LogP contribution is -2.29. The lowest BCUT2D eigenvalue weighted by atomic mass is 10.2. The van der Waals surface area contributed by atoms with E-state index in [0.29, 0.717) is 6.04 Å². The number of aromatic nitrogens is 2. The summed E-state index contributed by atoms with van der Waals surface area (Å²) in [4.78, 5) is 0. The second-order valence-corrected chi connectivity index (χ2v) is 3.97. The van der Waals surface area contributed by atoms with Gasteiger partial charge >= 0.3 is 0 Å². The zero-order valence-corrected chi connectivity index (χ0v) is 9.80. The number of hydrogen-bond donors (Lipinski definition) is 1. The number of nitrogens with zero attached hydrogens (tertiary/aromatic N) is 2. The first kappa shape index (κ1) is 11.5. The van der Waals surface area contributed by atoms with Gasteiger partial charge in [0, 0.05) is 12.6 Å². The maximum atomic E-state index is 5.89. The number of nitrogens with one attached hydrogen (secondary N) is 1. The van der Waals surface area contributed by atoms with Crippen molar-refractivity contribution in [3.8, 4) is 0 Å². The second-order valence-electron chi connectivity index (χ2n) is 3.56. The van der Waals surface area contributed by atoms with Crippen molar-refractivity contribution in [3.63, 3.8) is 0 Å². The molecule has 0 aromatic carbocycles. The van der Waals surface area contributed by atoms with E-state index in [-0.39, 0.29) is 0 Å². The molecule has 1 N–H and O–H groups in total. The molecule has 0 aliphatic rings. The van der Waals surface area contributed by atoms with Gasteiger partial charge in [-0.15, -0.1) is 0 Å². The summed E-state index contributed by atoms with van der Waals surface area (Å²) in [6, 6.07) is 0.571. The Kier molecular flexibility index (Phi) is 4.42. The van der Waals surface area contributed by atoms with Crippen LogP contribution in [0.1, 0.15) is 26.0 Å². The summed E-state index contributed by atoms with van der Waals surface area (Å²) < 4.78 is 1.93. The highest BCUT2D eigenvalue weighted by Crippen LogP contribution is 2.12. The first-order valence-corrected chi connectivity index (χ1v) is 5.44. The predicted octanol–water partition coefficient (Wildman–Crippen LogP) is 2.23. The molecule has 0 aliphatic heterocycles. The molecule has 1 atom stereocenters. The highest BCUT2D eigenvalue weighted by molar-refractivity contribution is 6.31. The lowest BCUT2D eigenvalue weighted by molar-refractivity contribution is 0.483. The summed E-state index contributed by atoms with van der Waals surface area (Å²) in [5.41, 5.74) is 1.04. The highest BCUT2D eigenvalue weighted by Gasteiger charge is 2.03. The van der Waals surface area contributed by atoms with E-state index in [9.17, 15) is 0 Å². The van der Waals surface area contributed by atoms with Gasteiger partial charge in [-0.3, -0.25) is 4.68 Å². The minimum Gasteiger partial charge on any atom is -0.312 e. The lowest BCUT2D eigenvalue weighted by Gasteiger charge is -2.11. The van der Waals surface area contributed by atoms with E-state index >= 15 is 0 Å². The van der Waals surface area contributed by atoms with Gasteiger partial charge in [0.05, 0.1) is 23.5 Å². The van der Waals surface area contributed by atoms with E-state index in [1.54, 1.807) is 6.20 Å². The molecule has 0 aliphatic carbocycles. The van der Waals surface area contributed by atoms with Crippen molar-refractivity contribution >= 4 is 11.6 Å². The first-order valence-electron chi connectivity index (χ1n) is 5.06. The molecule has 0 amide bonds. The summed E-state index contributed by atoms with van der Waals surface area (Å²) in [5, 5.41) is 8.34. The Bertz CT molecular complexity index is 283. The average Bonchev–Trinajstić information content (AvgIpc) is 2.49. The van der Waals surface area contributed by atoms with Crippen LogP contribution in [0.25, 0.3) is 0 Å². The fourth-order valence-electron chi connectivity index (χ4n) is 1.21. The topological polar surface area (TPSA) is 29.9 Å². The van der Waals surface area contributed by atoms with Crippen molar-refractivity contribution in [3.05, 3.63) is 16.9 Å². The van der Waals surface area contributed by atoms with Crippen LogP contribution >= 0.6 is 11.6 Å². The van der Waals surface area contributed by atoms with E-state index in [1.807, 2.05) is 11.6 Å². The Balaban J connectivity index is 2.35. The smallest absolute Gasteiger partial charge is 0.0814 e. The van der Waals surface area contributed by atoms with Crippen molar-refractivity contribution in [1.82, 2.24) is 15.1 Å². The van der Waals surface area contributed by atoms with Gasteiger partial charge in [0.2, 0.25) is 0 Å². The normalized spacial score (nSPS) is 13.1. The number of rotatable bonds is 5. The Morgan fingerprint density at radius 3 is 2.86 bits per heavy atom. The quantitative estimate of drug-likeness (QED) is 0.817. The van der Waals surface area contributed by atoms with Gasteiger partial charge in [-0.1, -0.05) is 18.5 Å².